The number of hydrogen-bond donors (Lipinski definition) is 1. The van der Waals surface area contributed by atoms with Gasteiger partial charge in [-0.2, -0.15) is 0 Å². The molecule has 0 atom stereocenters. The highest BCUT2D eigenvalue weighted by Crippen LogP contribution is 2.30. The molecule has 24 heavy (non-hydrogen) atoms. The van der Waals surface area contributed by atoms with Crippen molar-refractivity contribution in [2.24, 2.45) is 0 Å². The van der Waals surface area contributed by atoms with Crippen LogP contribution in [0.15, 0.2) is 47.6 Å². The van der Waals surface area contributed by atoms with E-state index in [1.165, 1.54) is 22.9 Å². The largest absolute Gasteiger partial charge is 0.496 e. The van der Waals surface area contributed by atoms with Gasteiger partial charge in [-0.1, -0.05) is 30.0 Å². The van der Waals surface area contributed by atoms with Crippen LogP contribution in [0.1, 0.15) is 5.56 Å². The Hall–Kier alpha value is -2.61. The summed E-state index contributed by atoms with van der Waals surface area (Å²) < 4.78 is 33.9. The quantitative estimate of drug-likeness (QED) is 0.566. The Balaban J connectivity index is 1.86. The Labute approximate surface area is 141 Å². The first-order valence-electron chi connectivity index (χ1n) is 7.01. The van der Waals surface area contributed by atoms with Gasteiger partial charge in [-0.25, -0.2) is 13.5 Å². The summed E-state index contributed by atoms with van der Waals surface area (Å²) >= 11 is 1.10. The van der Waals surface area contributed by atoms with Crippen LogP contribution in [-0.2, 0) is 5.75 Å². The fraction of sp³-hybridized carbons (Fsp3) is 0.125. The molecule has 2 N–H and O–H groups in total. The summed E-state index contributed by atoms with van der Waals surface area (Å²) in [4.78, 5) is 0. The number of hydrogen-bond acceptors (Lipinski definition) is 5. The van der Waals surface area contributed by atoms with E-state index in [9.17, 15) is 8.78 Å². The van der Waals surface area contributed by atoms with E-state index in [1.54, 1.807) is 19.2 Å². The van der Waals surface area contributed by atoms with E-state index in [2.05, 4.69) is 10.2 Å². The number of nitrogens with two attached hydrogens (primary N) is 1. The first kappa shape index (κ1) is 16.3. The summed E-state index contributed by atoms with van der Waals surface area (Å²) in [6.45, 7) is 0. The van der Waals surface area contributed by atoms with Crippen molar-refractivity contribution in [3.63, 3.8) is 0 Å². The van der Waals surface area contributed by atoms with E-state index in [-0.39, 0.29) is 11.3 Å². The molecule has 0 amide bonds. The predicted octanol–water partition coefficient (Wildman–Crippen LogP) is 3.24. The maximum atomic E-state index is 13.7. The molecule has 0 aliphatic rings. The zero-order valence-corrected chi connectivity index (χ0v) is 13.6. The highest BCUT2D eigenvalue weighted by molar-refractivity contribution is 7.98. The van der Waals surface area contributed by atoms with Crippen LogP contribution in [0.4, 0.5) is 8.78 Å². The average Bonchev–Trinajstić information content (AvgIpc) is 2.95. The lowest BCUT2D eigenvalue weighted by molar-refractivity contribution is 0.416. The van der Waals surface area contributed by atoms with Gasteiger partial charge in [0.25, 0.3) is 0 Å². The number of methoxy groups -OCH3 is 1. The predicted molar refractivity (Wildman–Crippen MR) is 88.1 cm³/mol. The topological polar surface area (TPSA) is 66.0 Å². The molecule has 0 radical (unpaired) electrons. The Bertz CT molecular complexity index is 849. The molecule has 8 heteroatoms. The van der Waals surface area contributed by atoms with E-state index < -0.39 is 11.6 Å². The van der Waals surface area contributed by atoms with Crippen molar-refractivity contribution in [1.29, 1.82) is 0 Å². The molecule has 0 aliphatic carbocycles. The van der Waals surface area contributed by atoms with Crippen LogP contribution in [0.3, 0.4) is 0 Å². The van der Waals surface area contributed by atoms with Gasteiger partial charge in [-0.3, -0.25) is 0 Å². The molecule has 2 aromatic carbocycles. The molecule has 0 unspecified atom stereocenters. The molecule has 0 saturated carbocycles. The van der Waals surface area contributed by atoms with Crippen molar-refractivity contribution in [2.75, 3.05) is 13.0 Å². The molecular formula is C16H14F2N4OS. The van der Waals surface area contributed by atoms with E-state index in [1.807, 2.05) is 12.1 Å². The molecule has 0 bridgehead atoms. The summed E-state index contributed by atoms with van der Waals surface area (Å²) in [6, 6.07) is 11.0. The van der Waals surface area contributed by atoms with Crippen LogP contribution in [-0.4, -0.2) is 22.0 Å². The van der Waals surface area contributed by atoms with Crippen molar-refractivity contribution < 1.29 is 13.5 Å². The van der Waals surface area contributed by atoms with Gasteiger partial charge in [0.2, 0.25) is 5.16 Å². The summed E-state index contributed by atoms with van der Waals surface area (Å²) in [5, 5.41) is 8.39. The molecule has 0 aliphatic heterocycles. The van der Waals surface area contributed by atoms with Crippen LogP contribution >= 0.6 is 11.8 Å². The minimum absolute atomic E-state index is 0.0238. The number of nitrogens with zero attached hydrogens (tertiary/aromatic N) is 3. The number of halogens is 2. The van der Waals surface area contributed by atoms with Gasteiger partial charge in [0.05, 0.1) is 12.7 Å². The smallest absolute Gasteiger partial charge is 0.210 e. The zero-order valence-electron chi connectivity index (χ0n) is 12.7. The number of thioether (sulfide) groups is 1. The molecule has 0 fully saturated rings. The molecule has 1 aromatic heterocycles. The number of ether oxygens (including phenoxy) is 1. The van der Waals surface area contributed by atoms with Crippen molar-refractivity contribution in [1.82, 2.24) is 14.9 Å². The van der Waals surface area contributed by atoms with Crippen LogP contribution in [0.25, 0.3) is 11.4 Å². The van der Waals surface area contributed by atoms with E-state index in [0.29, 0.717) is 22.3 Å². The summed E-state index contributed by atoms with van der Waals surface area (Å²) in [5.74, 6) is 5.89. The summed E-state index contributed by atoms with van der Waals surface area (Å²) in [5.41, 5.74) is 0.656. The van der Waals surface area contributed by atoms with Gasteiger partial charge < -0.3 is 10.6 Å². The number of nitrogen functional groups attached to an aromatic ring is 1. The van der Waals surface area contributed by atoms with Crippen LogP contribution < -0.4 is 10.6 Å². The van der Waals surface area contributed by atoms with Crippen molar-refractivity contribution in [3.05, 3.63) is 59.7 Å². The lowest BCUT2D eigenvalue weighted by Gasteiger charge is -2.08. The third kappa shape index (κ3) is 3.05. The number of para-hydroxylation sites is 1. The minimum Gasteiger partial charge on any atom is -0.496 e. The minimum atomic E-state index is -0.601. The van der Waals surface area contributed by atoms with Gasteiger partial charge >= 0.3 is 0 Å². The second-order valence-corrected chi connectivity index (χ2v) is 5.81. The molecule has 124 valence electrons. The Morgan fingerprint density at radius 3 is 2.50 bits per heavy atom. The van der Waals surface area contributed by atoms with Crippen molar-refractivity contribution >= 4 is 11.8 Å². The summed E-state index contributed by atoms with van der Waals surface area (Å²) in [6.07, 6.45) is 0. The van der Waals surface area contributed by atoms with Crippen LogP contribution in [0, 0.1) is 11.6 Å². The lowest BCUT2D eigenvalue weighted by Crippen LogP contribution is -2.12. The third-order valence-electron chi connectivity index (χ3n) is 3.42. The third-order valence-corrected chi connectivity index (χ3v) is 4.39. The van der Waals surface area contributed by atoms with Gasteiger partial charge in [0.15, 0.2) is 5.82 Å². The Morgan fingerprint density at radius 1 is 1.08 bits per heavy atom. The number of benzene rings is 2. The molecule has 1 heterocycles. The first-order chi connectivity index (χ1) is 11.6. The molecule has 3 aromatic rings. The fourth-order valence-corrected chi connectivity index (χ4v) is 3.07. The van der Waals surface area contributed by atoms with Gasteiger partial charge in [-0.15, -0.1) is 10.2 Å². The molecule has 3 rings (SSSR count). The van der Waals surface area contributed by atoms with Crippen LogP contribution in [0.2, 0.25) is 0 Å². The van der Waals surface area contributed by atoms with Crippen molar-refractivity contribution in [3.8, 4) is 17.1 Å². The molecule has 0 spiro atoms. The average molecular weight is 348 g/mol. The van der Waals surface area contributed by atoms with E-state index in [0.717, 1.165) is 11.8 Å². The van der Waals surface area contributed by atoms with E-state index >= 15 is 0 Å². The normalized spacial score (nSPS) is 10.8. The van der Waals surface area contributed by atoms with Gasteiger partial charge in [-0.05, 0) is 24.3 Å². The van der Waals surface area contributed by atoms with Crippen molar-refractivity contribution in [2.45, 2.75) is 10.9 Å². The SMILES string of the molecule is COc1ccccc1-c1nnc(SCc2c(F)cccc2F)n1N. The second-order valence-electron chi connectivity index (χ2n) is 4.87. The maximum Gasteiger partial charge on any atom is 0.210 e. The Kier molecular flexibility index (Phi) is 4.66. The maximum absolute atomic E-state index is 13.7. The standard InChI is InChI=1S/C16H14F2N4OS/c1-23-14-8-3-2-5-10(14)15-20-21-16(22(15)19)24-9-11-12(17)6-4-7-13(11)18/h2-8H,9,19H2,1H3. The molecular weight excluding hydrogens is 334 g/mol. The van der Waals surface area contributed by atoms with E-state index in [4.69, 9.17) is 10.6 Å². The first-order valence-corrected chi connectivity index (χ1v) is 8.00. The van der Waals surface area contributed by atoms with Gasteiger partial charge in [0, 0.05) is 11.3 Å². The van der Waals surface area contributed by atoms with Crippen LogP contribution in [0.5, 0.6) is 5.75 Å². The number of aromatic nitrogens is 3. The highest BCUT2D eigenvalue weighted by Gasteiger charge is 2.17. The molecule has 5 nitrogen and oxygen atoms in total. The second kappa shape index (κ2) is 6.88. The van der Waals surface area contributed by atoms with Gasteiger partial charge in [0.1, 0.15) is 17.4 Å². The fourth-order valence-electron chi connectivity index (χ4n) is 2.20. The summed E-state index contributed by atoms with van der Waals surface area (Å²) in [7, 11) is 1.55. The zero-order chi connectivity index (χ0) is 17.1. The molecule has 0 saturated heterocycles. The number of rotatable bonds is 5. The monoisotopic (exact) mass is 348 g/mol. The Morgan fingerprint density at radius 2 is 1.79 bits per heavy atom. The highest BCUT2D eigenvalue weighted by atomic mass is 32.2. The lowest BCUT2D eigenvalue weighted by atomic mass is 10.2.